The first-order valence-electron chi connectivity index (χ1n) is 18.1. The summed E-state index contributed by atoms with van der Waals surface area (Å²) in [7, 11) is -2.75. The van der Waals surface area contributed by atoms with Gasteiger partial charge < -0.3 is 14.3 Å². The minimum Gasteiger partial charge on any atom is -0.462 e. The molecule has 1 aliphatic carbocycles. The van der Waals surface area contributed by atoms with Crippen molar-refractivity contribution in [2.75, 3.05) is 6.61 Å². The molecule has 0 spiro atoms. The third-order valence-corrected chi connectivity index (χ3v) is 14.5. The predicted molar refractivity (Wildman–Crippen MR) is 199 cm³/mol. The number of allylic oxidation sites excluding steroid dienone is 3. The molecule has 1 fully saturated rings. The van der Waals surface area contributed by atoms with Crippen LogP contribution in [0.2, 0.25) is 5.04 Å². The molecule has 256 valence electrons. The lowest BCUT2D eigenvalue weighted by Gasteiger charge is -2.44. The van der Waals surface area contributed by atoms with Crippen LogP contribution >= 0.6 is 0 Å². The van der Waals surface area contributed by atoms with Crippen molar-refractivity contribution in [3.05, 3.63) is 85.0 Å². The molecule has 4 atom stereocenters. The Labute approximate surface area is 287 Å². The molecule has 0 heterocycles. The lowest BCUT2D eigenvalue weighted by atomic mass is 9.75. The van der Waals surface area contributed by atoms with Crippen LogP contribution in [0.3, 0.4) is 0 Å². The van der Waals surface area contributed by atoms with Gasteiger partial charge in [0.15, 0.2) is 0 Å². The highest BCUT2D eigenvalue weighted by atomic mass is 28.4. The molecule has 1 aliphatic rings. The summed E-state index contributed by atoms with van der Waals surface area (Å²) in [4.78, 5) is 12.0. The highest BCUT2D eigenvalue weighted by Crippen LogP contribution is 2.38. The quantitative estimate of drug-likeness (QED) is 0.0608. The second kappa shape index (κ2) is 20.5. The van der Waals surface area contributed by atoms with Gasteiger partial charge in [-0.05, 0) is 59.9 Å². The molecule has 0 saturated heterocycles. The Kier molecular flexibility index (Phi) is 16.8. The van der Waals surface area contributed by atoms with Crippen molar-refractivity contribution in [1.29, 1.82) is 0 Å². The molecule has 5 heteroatoms. The number of benzene rings is 2. The van der Waals surface area contributed by atoms with E-state index in [0.29, 0.717) is 18.3 Å². The van der Waals surface area contributed by atoms with Crippen molar-refractivity contribution in [1.82, 2.24) is 0 Å². The van der Waals surface area contributed by atoms with E-state index in [2.05, 4.69) is 125 Å². The van der Waals surface area contributed by atoms with Gasteiger partial charge in [0.25, 0.3) is 8.32 Å². The van der Waals surface area contributed by atoms with Crippen LogP contribution in [0.5, 0.6) is 0 Å². The van der Waals surface area contributed by atoms with E-state index in [9.17, 15) is 9.90 Å². The summed E-state index contributed by atoms with van der Waals surface area (Å²) in [5.41, 5.74) is 0. The van der Waals surface area contributed by atoms with E-state index in [0.717, 1.165) is 51.4 Å². The van der Waals surface area contributed by atoms with Crippen LogP contribution < -0.4 is 10.4 Å². The zero-order chi connectivity index (χ0) is 34.0. The van der Waals surface area contributed by atoms with E-state index in [1.165, 1.54) is 36.6 Å². The molecule has 2 aromatic carbocycles. The first kappa shape index (κ1) is 38.5. The third kappa shape index (κ3) is 11.9. The number of hydrogen-bond donors (Lipinski definition) is 1. The van der Waals surface area contributed by atoms with Crippen LogP contribution in [0, 0.1) is 23.7 Å². The SMILES string of the molecule is CCCCCC#CCC(/C=C/C=C/[C@H]1CCCC[C@H]1C(CCCCO)OC(C)=O)O[Si](c1ccccc1)(c1ccccc1)C(C)(C)C. The van der Waals surface area contributed by atoms with E-state index < -0.39 is 8.32 Å². The third-order valence-electron chi connectivity index (χ3n) is 9.44. The highest BCUT2D eigenvalue weighted by molar-refractivity contribution is 6.99. The number of aliphatic hydroxyl groups excluding tert-OH is 1. The minimum absolute atomic E-state index is 0.104. The van der Waals surface area contributed by atoms with Gasteiger partial charge in [-0.15, -0.1) is 11.8 Å². The number of esters is 1. The summed E-state index contributed by atoms with van der Waals surface area (Å²) in [5, 5.41) is 11.7. The van der Waals surface area contributed by atoms with Gasteiger partial charge in [0.05, 0.1) is 6.10 Å². The summed E-state index contributed by atoms with van der Waals surface area (Å²) < 4.78 is 13.3. The lowest BCUT2D eigenvalue weighted by molar-refractivity contribution is -0.151. The fraction of sp³-hybridized carbons (Fsp3) is 0.548. The Morgan fingerprint density at radius 2 is 1.60 bits per heavy atom. The van der Waals surface area contributed by atoms with Crippen LogP contribution in [-0.4, -0.2) is 38.2 Å². The summed E-state index contributed by atoms with van der Waals surface area (Å²) in [6.45, 7) is 10.9. The van der Waals surface area contributed by atoms with E-state index >= 15 is 0 Å². The van der Waals surface area contributed by atoms with Crippen LogP contribution in [0.15, 0.2) is 85.0 Å². The molecule has 4 nitrogen and oxygen atoms in total. The van der Waals surface area contributed by atoms with Crippen molar-refractivity contribution in [2.24, 2.45) is 11.8 Å². The maximum Gasteiger partial charge on any atom is 0.302 e. The van der Waals surface area contributed by atoms with Gasteiger partial charge in [-0.25, -0.2) is 0 Å². The van der Waals surface area contributed by atoms with Gasteiger partial charge in [-0.3, -0.25) is 4.79 Å². The van der Waals surface area contributed by atoms with Gasteiger partial charge in [0.1, 0.15) is 6.10 Å². The number of aliphatic hydroxyl groups is 1. The Balaban J connectivity index is 1.93. The second-order valence-corrected chi connectivity index (χ2v) is 18.3. The topological polar surface area (TPSA) is 55.8 Å². The smallest absolute Gasteiger partial charge is 0.302 e. The van der Waals surface area contributed by atoms with Crippen molar-refractivity contribution < 1.29 is 19.1 Å². The summed E-state index contributed by atoms with van der Waals surface area (Å²) >= 11 is 0. The molecule has 1 N–H and O–H groups in total. The lowest BCUT2D eigenvalue weighted by Crippen LogP contribution is -2.67. The van der Waals surface area contributed by atoms with Crippen LogP contribution in [0.25, 0.3) is 0 Å². The molecule has 0 aliphatic heterocycles. The Morgan fingerprint density at radius 3 is 2.19 bits per heavy atom. The normalized spacial score (nSPS) is 18.5. The van der Waals surface area contributed by atoms with Gasteiger partial charge in [-0.1, -0.05) is 138 Å². The van der Waals surface area contributed by atoms with Crippen LogP contribution in [0.4, 0.5) is 0 Å². The molecule has 0 amide bonds. The van der Waals surface area contributed by atoms with E-state index in [1.54, 1.807) is 0 Å². The largest absolute Gasteiger partial charge is 0.462 e. The van der Waals surface area contributed by atoms with Gasteiger partial charge >= 0.3 is 5.97 Å². The number of carbonyl (C=O) groups is 1. The molecule has 47 heavy (non-hydrogen) atoms. The van der Waals surface area contributed by atoms with Gasteiger partial charge in [-0.2, -0.15) is 0 Å². The van der Waals surface area contributed by atoms with E-state index in [1.807, 2.05) is 0 Å². The maximum absolute atomic E-state index is 12.0. The number of carbonyl (C=O) groups excluding carboxylic acids is 1. The number of rotatable bonds is 17. The van der Waals surface area contributed by atoms with E-state index in [-0.39, 0.29) is 29.8 Å². The summed E-state index contributed by atoms with van der Waals surface area (Å²) in [6, 6.07) is 21.6. The minimum atomic E-state index is -2.75. The fourth-order valence-electron chi connectivity index (χ4n) is 7.11. The Hall–Kier alpha value is -2.91. The molecule has 2 unspecified atom stereocenters. The Morgan fingerprint density at radius 1 is 0.936 bits per heavy atom. The van der Waals surface area contributed by atoms with Crippen molar-refractivity contribution in [3.63, 3.8) is 0 Å². The molecule has 2 aromatic rings. The number of hydrogen-bond acceptors (Lipinski definition) is 4. The van der Waals surface area contributed by atoms with Crippen molar-refractivity contribution in [2.45, 2.75) is 129 Å². The molecule has 0 bridgehead atoms. The molecule has 0 radical (unpaired) electrons. The predicted octanol–water partition coefficient (Wildman–Crippen LogP) is 8.92. The summed E-state index contributed by atoms with van der Waals surface area (Å²) in [6.07, 6.45) is 20.6. The number of unbranched alkanes of at least 4 members (excludes halogenated alkanes) is 4. The molecule has 3 rings (SSSR count). The second-order valence-electron chi connectivity index (χ2n) is 14.1. The summed E-state index contributed by atoms with van der Waals surface area (Å²) in [5.74, 6) is 7.34. The van der Waals surface area contributed by atoms with Crippen LogP contribution in [-0.2, 0) is 14.0 Å². The first-order chi connectivity index (χ1) is 22.7. The molecule has 1 saturated carbocycles. The standard InChI is InChI=1S/C42H60O4Si/c1-6-7-8-9-10-13-26-37(46-47(42(3,4)5,38-28-14-11-15-29-38)39-30-16-12-17-31-39)27-20-18-24-36-25-19-21-32-40(36)41(45-35(2)44)33-22-23-34-43/h11-12,14-18,20,24,27-31,36-37,40-41,43H,6-9,19,21-23,25-26,32-34H2,1-5H3/b24-18+,27-20+/t36-,37?,40+,41?/m0/s1. The average molecular weight is 657 g/mol. The van der Waals surface area contributed by atoms with Crippen molar-refractivity contribution >= 4 is 24.7 Å². The van der Waals surface area contributed by atoms with Gasteiger partial charge in [0.2, 0.25) is 0 Å². The maximum atomic E-state index is 12.0. The zero-order valence-electron chi connectivity index (χ0n) is 29.8. The molecular weight excluding hydrogens is 597 g/mol. The molecular formula is C42H60O4Si. The average Bonchev–Trinajstić information content (AvgIpc) is 3.06. The highest BCUT2D eigenvalue weighted by Gasteiger charge is 2.51. The van der Waals surface area contributed by atoms with Crippen molar-refractivity contribution in [3.8, 4) is 11.8 Å². The monoisotopic (exact) mass is 656 g/mol. The van der Waals surface area contributed by atoms with Gasteiger partial charge in [0, 0.05) is 32.3 Å². The number of ether oxygens (including phenoxy) is 1. The Bertz CT molecular complexity index is 1250. The van der Waals surface area contributed by atoms with E-state index in [4.69, 9.17) is 9.16 Å². The molecule has 0 aromatic heterocycles. The first-order valence-corrected chi connectivity index (χ1v) is 20.0. The fourth-order valence-corrected chi connectivity index (χ4v) is 11.7. The van der Waals surface area contributed by atoms with Crippen LogP contribution in [0.1, 0.15) is 112 Å². The zero-order valence-corrected chi connectivity index (χ0v) is 30.8.